The van der Waals surface area contributed by atoms with E-state index >= 15 is 0 Å². The van der Waals surface area contributed by atoms with E-state index in [1.165, 1.54) is 12.0 Å². The summed E-state index contributed by atoms with van der Waals surface area (Å²) in [6.07, 6.45) is 1.28. The van der Waals surface area contributed by atoms with Gasteiger partial charge in [0.15, 0.2) is 0 Å². The average molecular weight is 308 g/mol. The van der Waals surface area contributed by atoms with E-state index in [2.05, 4.69) is 38.3 Å². The molecule has 2 heterocycles. The molecular formula is C14H20N4O2S. The summed E-state index contributed by atoms with van der Waals surface area (Å²) in [5.74, 6) is 1.13. The van der Waals surface area contributed by atoms with Gasteiger partial charge < -0.3 is 15.4 Å². The minimum Gasteiger partial charge on any atom is -0.469 e. The van der Waals surface area contributed by atoms with E-state index in [-0.39, 0.29) is 5.97 Å². The van der Waals surface area contributed by atoms with Crippen molar-refractivity contribution in [2.45, 2.75) is 26.7 Å². The first-order chi connectivity index (χ1) is 10.2. The first kappa shape index (κ1) is 15.5. The number of nitrogens with zero attached hydrogens (tertiary/aromatic N) is 2. The molecule has 0 aliphatic carbocycles. The SMILES string of the molecule is CCNc1nc(NCCC(=O)OC)c2cc(CC)sc2n1. The lowest BCUT2D eigenvalue weighted by atomic mass is 10.3. The Kier molecular flexibility index (Phi) is 5.32. The summed E-state index contributed by atoms with van der Waals surface area (Å²) in [5.41, 5.74) is 0. The number of hydrogen-bond donors (Lipinski definition) is 2. The Morgan fingerprint density at radius 3 is 2.81 bits per heavy atom. The Balaban J connectivity index is 2.25. The molecule has 0 spiro atoms. The number of rotatable bonds is 7. The molecule has 21 heavy (non-hydrogen) atoms. The number of hydrogen-bond acceptors (Lipinski definition) is 7. The van der Waals surface area contributed by atoms with Crippen molar-refractivity contribution in [2.75, 3.05) is 30.8 Å². The van der Waals surface area contributed by atoms with Crippen LogP contribution >= 0.6 is 11.3 Å². The maximum absolute atomic E-state index is 11.2. The second-order valence-electron chi connectivity index (χ2n) is 4.46. The number of nitrogens with one attached hydrogen (secondary N) is 2. The molecule has 0 unspecified atom stereocenters. The van der Waals surface area contributed by atoms with E-state index in [1.54, 1.807) is 11.3 Å². The van der Waals surface area contributed by atoms with Gasteiger partial charge in [0.2, 0.25) is 5.95 Å². The van der Waals surface area contributed by atoms with Crippen molar-refractivity contribution in [3.63, 3.8) is 0 Å². The van der Waals surface area contributed by atoms with Crippen molar-refractivity contribution in [1.29, 1.82) is 0 Å². The van der Waals surface area contributed by atoms with E-state index in [9.17, 15) is 4.79 Å². The lowest BCUT2D eigenvalue weighted by Gasteiger charge is -2.08. The number of anilines is 2. The largest absolute Gasteiger partial charge is 0.469 e. The molecule has 114 valence electrons. The second-order valence-corrected chi connectivity index (χ2v) is 5.58. The van der Waals surface area contributed by atoms with Crippen LogP contribution < -0.4 is 10.6 Å². The topological polar surface area (TPSA) is 76.1 Å². The summed E-state index contributed by atoms with van der Waals surface area (Å²) in [6, 6.07) is 2.11. The molecule has 6 nitrogen and oxygen atoms in total. The van der Waals surface area contributed by atoms with Crippen LogP contribution in [0.5, 0.6) is 0 Å². The second kappa shape index (κ2) is 7.21. The van der Waals surface area contributed by atoms with Gasteiger partial charge in [0.05, 0.1) is 18.9 Å². The van der Waals surface area contributed by atoms with Gasteiger partial charge in [-0.3, -0.25) is 4.79 Å². The van der Waals surface area contributed by atoms with Gasteiger partial charge in [0.25, 0.3) is 0 Å². The van der Waals surface area contributed by atoms with Gasteiger partial charge in [0.1, 0.15) is 10.6 Å². The van der Waals surface area contributed by atoms with E-state index in [1.807, 2.05) is 6.92 Å². The summed E-state index contributed by atoms with van der Waals surface area (Å²) in [4.78, 5) is 22.4. The predicted molar refractivity (Wildman–Crippen MR) is 86.1 cm³/mol. The molecule has 0 atom stereocenters. The van der Waals surface area contributed by atoms with E-state index in [4.69, 9.17) is 0 Å². The van der Waals surface area contributed by atoms with Crippen LogP contribution in [0, 0.1) is 0 Å². The molecular weight excluding hydrogens is 288 g/mol. The maximum Gasteiger partial charge on any atom is 0.307 e. The molecule has 0 fully saturated rings. The average Bonchev–Trinajstić information content (AvgIpc) is 2.90. The highest BCUT2D eigenvalue weighted by molar-refractivity contribution is 7.18. The summed E-state index contributed by atoms with van der Waals surface area (Å²) < 4.78 is 4.64. The number of carbonyl (C=O) groups is 1. The van der Waals surface area contributed by atoms with Gasteiger partial charge in [-0.1, -0.05) is 6.92 Å². The summed E-state index contributed by atoms with van der Waals surface area (Å²) in [6.45, 7) is 5.37. The zero-order chi connectivity index (χ0) is 15.2. The van der Waals surface area contributed by atoms with Gasteiger partial charge in [-0.2, -0.15) is 4.98 Å². The number of ether oxygens (including phenoxy) is 1. The maximum atomic E-state index is 11.2. The lowest BCUT2D eigenvalue weighted by molar-refractivity contribution is -0.140. The minimum absolute atomic E-state index is 0.237. The van der Waals surface area contributed by atoms with Crippen LogP contribution in [0.2, 0.25) is 0 Å². The third-order valence-electron chi connectivity index (χ3n) is 2.98. The minimum atomic E-state index is -0.237. The van der Waals surface area contributed by atoms with E-state index in [0.29, 0.717) is 18.9 Å². The van der Waals surface area contributed by atoms with Gasteiger partial charge in [-0.25, -0.2) is 4.98 Å². The number of thiophene rings is 1. The van der Waals surface area contributed by atoms with Crippen LogP contribution in [0.1, 0.15) is 25.1 Å². The van der Waals surface area contributed by atoms with Crippen LogP contribution in [0.25, 0.3) is 10.2 Å². The Morgan fingerprint density at radius 2 is 2.14 bits per heavy atom. The van der Waals surface area contributed by atoms with Gasteiger partial charge in [-0.15, -0.1) is 11.3 Å². The van der Waals surface area contributed by atoms with Crippen molar-refractivity contribution in [3.8, 4) is 0 Å². The molecule has 0 saturated heterocycles. The summed E-state index contributed by atoms with van der Waals surface area (Å²) in [7, 11) is 1.39. The van der Waals surface area contributed by atoms with Crippen LogP contribution in [0.3, 0.4) is 0 Å². The fourth-order valence-electron chi connectivity index (χ4n) is 1.90. The summed E-state index contributed by atoms with van der Waals surface area (Å²) >= 11 is 1.67. The Labute approximate surface area is 127 Å². The van der Waals surface area contributed by atoms with Crippen LogP contribution in [0.15, 0.2) is 6.07 Å². The standard InChI is InChI=1S/C14H20N4O2S/c1-4-9-8-10-12(16-7-6-11(19)20-3)17-14(15-5-2)18-13(10)21-9/h8H,4-7H2,1-3H3,(H2,15,16,17,18). The molecule has 2 aromatic rings. The highest BCUT2D eigenvalue weighted by Gasteiger charge is 2.11. The molecule has 0 aromatic carbocycles. The van der Waals surface area contributed by atoms with Gasteiger partial charge in [0, 0.05) is 18.0 Å². The Bertz CT molecular complexity index is 627. The fraction of sp³-hybridized carbons (Fsp3) is 0.500. The Hall–Kier alpha value is -1.89. The molecule has 0 amide bonds. The lowest BCUT2D eigenvalue weighted by Crippen LogP contribution is -2.12. The molecule has 0 saturated carbocycles. The normalized spacial score (nSPS) is 10.6. The molecule has 2 aromatic heterocycles. The van der Waals surface area contributed by atoms with Crippen LogP contribution in [-0.2, 0) is 16.0 Å². The number of aromatic nitrogens is 2. The van der Waals surface area contributed by atoms with Crippen molar-refractivity contribution in [1.82, 2.24) is 9.97 Å². The molecule has 2 N–H and O–H groups in total. The van der Waals surface area contributed by atoms with Crippen molar-refractivity contribution < 1.29 is 9.53 Å². The zero-order valence-corrected chi connectivity index (χ0v) is 13.3. The molecule has 0 aliphatic heterocycles. The van der Waals surface area contributed by atoms with E-state index < -0.39 is 0 Å². The quantitative estimate of drug-likeness (QED) is 0.766. The van der Waals surface area contributed by atoms with Crippen molar-refractivity contribution in [2.24, 2.45) is 0 Å². The van der Waals surface area contributed by atoms with Crippen molar-refractivity contribution in [3.05, 3.63) is 10.9 Å². The molecule has 0 bridgehead atoms. The predicted octanol–water partition coefficient (Wildman–Crippen LogP) is 2.66. The van der Waals surface area contributed by atoms with Gasteiger partial charge >= 0.3 is 5.97 Å². The monoisotopic (exact) mass is 308 g/mol. The Morgan fingerprint density at radius 1 is 1.33 bits per heavy atom. The number of esters is 1. The summed E-state index contributed by atoms with van der Waals surface area (Å²) in [5, 5.41) is 7.34. The molecule has 0 aliphatic rings. The van der Waals surface area contributed by atoms with Gasteiger partial charge in [-0.05, 0) is 19.4 Å². The number of methoxy groups -OCH3 is 1. The number of carbonyl (C=O) groups excluding carboxylic acids is 1. The van der Waals surface area contributed by atoms with Crippen molar-refractivity contribution >= 4 is 39.3 Å². The molecule has 7 heteroatoms. The number of aryl methyl sites for hydroxylation is 1. The third-order valence-corrected chi connectivity index (χ3v) is 4.15. The first-order valence-corrected chi connectivity index (χ1v) is 7.84. The van der Waals surface area contributed by atoms with Crippen LogP contribution in [-0.4, -0.2) is 36.1 Å². The van der Waals surface area contributed by atoms with Crippen LogP contribution in [0.4, 0.5) is 11.8 Å². The fourth-order valence-corrected chi connectivity index (χ4v) is 2.87. The zero-order valence-electron chi connectivity index (χ0n) is 12.5. The molecule has 2 rings (SSSR count). The third kappa shape index (κ3) is 3.81. The highest BCUT2D eigenvalue weighted by Crippen LogP contribution is 2.30. The smallest absolute Gasteiger partial charge is 0.307 e. The molecule has 0 radical (unpaired) electrons. The highest BCUT2D eigenvalue weighted by atomic mass is 32.1. The van der Waals surface area contributed by atoms with E-state index in [0.717, 1.165) is 29.0 Å². The first-order valence-electron chi connectivity index (χ1n) is 7.02. The number of fused-ring (bicyclic) bond motifs is 1.